The Balaban J connectivity index is 1.53. The van der Waals surface area contributed by atoms with Crippen LogP contribution in [0.1, 0.15) is 11.1 Å². The number of aryl methyl sites for hydroxylation is 1. The molecule has 132 valence electrons. The topological polar surface area (TPSA) is 35.6 Å². The molecule has 6 heteroatoms. The molecule has 1 fully saturated rings. The summed E-state index contributed by atoms with van der Waals surface area (Å²) in [6.45, 7) is 5.29. The number of amides is 2. The van der Waals surface area contributed by atoms with Crippen molar-refractivity contribution >= 4 is 34.9 Å². The van der Waals surface area contributed by atoms with E-state index in [2.05, 4.69) is 10.2 Å². The van der Waals surface area contributed by atoms with Crippen molar-refractivity contribution in [2.75, 3.05) is 31.1 Å². The van der Waals surface area contributed by atoms with Gasteiger partial charge in [-0.25, -0.2) is 4.79 Å². The van der Waals surface area contributed by atoms with Crippen molar-refractivity contribution in [3.8, 4) is 0 Å². The van der Waals surface area contributed by atoms with Crippen LogP contribution >= 0.6 is 23.2 Å². The zero-order valence-electron chi connectivity index (χ0n) is 14.1. The van der Waals surface area contributed by atoms with E-state index in [4.69, 9.17) is 23.2 Å². The quantitative estimate of drug-likeness (QED) is 0.863. The van der Waals surface area contributed by atoms with Gasteiger partial charge in [0.2, 0.25) is 0 Å². The van der Waals surface area contributed by atoms with Crippen molar-refractivity contribution in [1.29, 1.82) is 0 Å². The van der Waals surface area contributed by atoms with Crippen molar-refractivity contribution in [3.63, 3.8) is 0 Å². The predicted octanol–water partition coefficient (Wildman–Crippen LogP) is 4.33. The molecule has 1 N–H and O–H groups in total. The number of hydrogen-bond acceptors (Lipinski definition) is 2. The van der Waals surface area contributed by atoms with E-state index < -0.39 is 0 Å². The minimum absolute atomic E-state index is 0.0366. The SMILES string of the molecule is Cc1ccc(CNC(=O)N2CCN(c3c(Cl)cccc3Cl)CC2)cc1. The first kappa shape index (κ1) is 17.9. The van der Waals surface area contributed by atoms with Crippen molar-refractivity contribution in [2.45, 2.75) is 13.5 Å². The third-order valence-electron chi connectivity index (χ3n) is 4.38. The highest BCUT2D eigenvalue weighted by Crippen LogP contribution is 2.33. The molecule has 1 aliphatic heterocycles. The van der Waals surface area contributed by atoms with Gasteiger partial charge < -0.3 is 15.1 Å². The number of nitrogens with one attached hydrogen (secondary N) is 1. The lowest BCUT2D eigenvalue weighted by atomic mass is 10.1. The summed E-state index contributed by atoms with van der Waals surface area (Å²) in [7, 11) is 0. The summed E-state index contributed by atoms with van der Waals surface area (Å²) in [5.74, 6) is 0. The number of piperazine rings is 1. The van der Waals surface area contributed by atoms with Crippen LogP contribution in [0.3, 0.4) is 0 Å². The highest BCUT2D eigenvalue weighted by atomic mass is 35.5. The molecule has 0 aromatic heterocycles. The number of urea groups is 1. The summed E-state index contributed by atoms with van der Waals surface area (Å²) in [5.41, 5.74) is 3.16. The molecule has 0 unspecified atom stereocenters. The van der Waals surface area contributed by atoms with E-state index >= 15 is 0 Å². The lowest BCUT2D eigenvalue weighted by Crippen LogP contribution is -2.51. The predicted molar refractivity (Wildman–Crippen MR) is 104 cm³/mol. The van der Waals surface area contributed by atoms with Crippen molar-refractivity contribution in [2.24, 2.45) is 0 Å². The Labute approximate surface area is 158 Å². The number of carbonyl (C=O) groups is 1. The molecule has 0 saturated carbocycles. The number of carbonyl (C=O) groups excluding carboxylic acids is 1. The summed E-state index contributed by atoms with van der Waals surface area (Å²) >= 11 is 12.5. The molecular formula is C19H21Cl2N3O. The van der Waals surface area contributed by atoms with Gasteiger partial charge in [0.05, 0.1) is 15.7 Å². The summed E-state index contributed by atoms with van der Waals surface area (Å²) in [4.78, 5) is 16.3. The smallest absolute Gasteiger partial charge is 0.317 e. The molecule has 3 rings (SSSR count). The second-order valence-corrected chi connectivity index (χ2v) is 7.00. The van der Waals surface area contributed by atoms with Gasteiger partial charge in [0.15, 0.2) is 0 Å². The summed E-state index contributed by atoms with van der Waals surface area (Å²) < 4.78 is 0. The summed E-state index contributed by atoms with van der Waals surface area (Å²) in [5, 5.41) is 4.27. The lowest BCUT2D eigenvalue weighted by Gasteiger charge is -2.36. The van der Waals surface area contributed by atoms with Crippen LogP contribution in [0.15, 0.2) is 42.5 Å². The fraction of sp³-hybridized carbons (Fsp3) is 0.316. The second-order valence-electron chi connectivity index (χ2n) is 6.19. The number of hydrogen-bond donors (Lipinski definition) is 1. The number of benzene rings is 2. The maximum Gasteiger partial charge on any atom is 0.317 e. The molecule has 0 radical (unpaired) electrons. The largest absolute Gasteiger partial charge is 0.366 e. The van der Waals surface area contributed by atoms with Crippen LogP contribution in [0, 0.1) is 6.92 Å². The molecule has 0 bridgehead atoms. The molecule has 0 aliphatic carbocycles. The van der Waals surface area contributed by atoms with Crippen molar-refractivity contribution in [3.05, 3.63) is 63.6 Å². The van der Waals surface area contributed by atoms with Gasteiger partial charge >= 0.3 is 6.03 Å². The molecule has 2 aromatic carbocycles. The van der Waals surface area contributed by atoms with Crippen molar-refractivity contribution < 1.29 is 4.79 Å². The molecule has 25 heavy (non-hydrogen) atoms. The fourth-order valence-electron chi connectivity index (χ4n) is 2.92. The third kappa shape index (κ3) is 4.39. The van der Waals surface area contributed by atoms with E-state index in [0.717, 1.165) is 11.3 Å². The van der Waals surface area contributed by atoms with E-state index in [1.807, 2.05) is 54.3 Å². The third-order valence-corrected chi connectivity index (χ3v) is 4.99. The van der Waals surface area contributed by atoms with Gasteiger partial charge in [0.25, 0.3) is 0 Å². The Hall–Kier alpha value is -1.91. The average Bonchev–Trinajstić information content (AvgIpc) is 2.61. The van der Waals surface area contributed by atoms with Crippen molar-refractivity contribution in [1.82, 2.24) is 10.2 Å². The normalized spacial score (nSPS) is 14.5. The van der Waals surface area contributed by atoms with E-state index in [0.29, 0.717) is 42.8 Å². The molecule has 4 nitrogen and oxygen atoms in total. The summed E-state index contributed by atoms with van der Waals surface area (Å²) in [6.07, 6.45) is 0. The van der Waals surface area contributed by atoms with Gasteiger partial charge in [-0.3, -0.25) is 0 Å². The van der Waals surface area contributed by atoms with E-state index in [-0.39, 0.29) is 6.03 Å². The average molecular weight is 378 g/mol. The molecular weight excluding hydrogens is 357 g/mol. The highest BCUT2D eigenvalue weighted by Gasteiger charge is 2.23. The number of para-hydroxylation sites is 1. The maximum atomic E-state index is 12.4. The van der Waals surface area contributed by atoms with Gasteiger partial charge in [-0.2, -0.15) is 0 Å². The minimum Gasteiger partial charge on any atom is -0.366 e. The van der Waals surface area contributed by atoms with Crippen LogP contribution in [0.5, 0.6) is 0 Å². The number of rotatable bonds is 3. The monoisotopic (exact) mass is 377 g/mol. The Morgan fingerprint density at radius 3 is 2.20 bits per heavy atom. The molecule has 0 spiro atoms. The first-order valence-corrected chi connectivity index (χ1v) is 9.07. The fourth-order valence-corrected chi connectivity index (χ4v) is 3.56. The zero-order chi connectivity index (χ0) is 17.8. The van der Waals surface area contributed by atoms with Gasteiger partial charge in [-0.05, 0) is 24.6 Å². The number of nitrogens with zero attached hydrogens (tertiary/aromatic N) is 2. The maximum absolute atomic E-state index is 12.4. The Kier molecular flexibility index (Phi) is 5.71. The first-order valence-electron chi connectivity index (χ1n) is 8.32. The minimum atomic E-state index is -0.0366. The molecule has 2 amide bonds. The Bertz CT molecular complexity index is 721. The van der Waals surface area contributed by atoms with E-state index in [9.17, 15) is 4.79 Å². The Morgan fingerprint density at radius 2 is 1.60 bits per heavy atom. The standard InChI is InChI=1S/C19H21Cl2N3O/c1-14-5-7-15(8-6-14)13-22-19(25)24-11-9-23(10-12-24)18-16(20)3-2-4-17(18)21/h2-8H,9-13H2,1H3,(H,22,25). The van der Waals surface area contributed by atoms with E-state index in [1.165, 1.54) is 5.56 Å². The summed E-state index contributed by atoms with van der Waals surface area (Å²) in [6, 6.07) is 13.6. The Morgan fingerprint density at radius 1 is 1.00 bits per heavy atom. The lowest BCUT2D eigenvalue weighted by molar-refractivity contribution is 0.194. The first-order chi connectivity index (χ1) is 12.0. The molecule has 1 heterocycles. The van der Waals surface area contributed by atoms with Gasteiger partial charge in [-0.1, -0.05) is 59.1 Å². The van der Waals surface area contributed by atoms with Gasteiger partial charge in [-0.15, -0.1) is 0 Å². The molecule has 1 saturated heterocycles. The van der Waals surface area contributed by atoms with Crippen LogP contribution < -0.4 is 10.2 Å². The number of anilines is 1. The van der Waals surface area contributed by atoms with Crippen LogP contribution in [-0.2, 0) is 6.54 Å². The molecule has 1 aliphatic rings. The molecule has 2 aromatic rings. The number of halogens is 2. The second kappa shape index (κ2) is 7.98. The highest BCUT2D eigenvalue weighted by molar-refractivity contribution is 6.39. The van der Waals surface area contributed by atoms with E-state index in [1.54, 1.807) is 0 Å². The van der Waals surface area contributed by atoms with Crippen LogP contribution in [0.4, 0.5) is 10.5 Å². The van der Waals surface area contributed by atoms with Crippen LogP contribution in [-0.4, -0.2) is 37.1 Å². The van der Waals surface area contributed by atoms with Gasteiger partial charge in [0, 0.05) is 32.7 Å². The van der Waals surface area contributed by atoms with Gasteiger partial charge in [0.1, 0.15) is 0 Å². The zero-order valence-corrected chi connectivity index (χ0v) is 15.6. The van der Waals surface area contributed by atoms with Crippen LogP contribution in [0.25, 0.3) is 0 Å². The molecule has 0 atom stereocenters. The van der Waals surface area contributed by atoms with Crippen LogP contribution in [0.2, 0.25) is 10.0 Å².